The van der Waals surface area contributed by atoms with Crippen LogP contribution in [0.5, 0.6) is 0 Å². The third kappa shape index (κ3) is 3.36. The molecular formula is C12H20FN. The Kier molecular flexibility index (Phi) is 4.61. The molecule has 0 saturated carbocycles. The van der Waals surface area contributed by atoms with Crippen LogP contribution in [0.3, 0.4) is 0 Å². The van der Waals surface area contributed by atoms with Crippen molar-refractivity contribution < 1.29 is 4.39 Å². The third-order valence-electron chi connectivity index (χ3n) is 1.85. The fourth-order valence-electron chi connectivity index (χ4n) is 1.22. The standard InChI is InChI=1S/C10H14FN.C2H6/c1-7-4-5-8(9(12)6-7)10(2,3)11;1-2/h4-6H,12H2,1-3H3;1-2H3. The summed E-state index contributed by atoms with van der Waals surface area (Å²) >= 11 is 0. The van der Waals surface area contributed by atoms with Gasteiger partial charge in [0, 0.05) is 11.3 Å². The lowest BCUT2D eigenvalue weighted by atomic mass is 9.97. The van der Waals surface area contributed by atoms with E-state index in [0.717, 1.165) is 5.56 Å². The number of nitrogen functional groups attached to an aromatic ring is 1. The van der Waals surface area contributed by atoms with E-state index in [2.05, 4.69) is 0 Å². The molecular weight excluding hydrogens is 177 g/mol. The Balaban J connectivity index is 0.000000791. The molecule has 2 N–H and O–H groups in total. The molecule has 1 aromatic rings. The average molecular weight is 197 g/mol. The maximum atomic E-state index is 13.4. The summed E-state index contributed by atoms with van der Waals surface area (Å²) in [6, 6.07) is 5.40. The van der Waals surface area contributed by atoms with E-state index in [1.165, 1.54) is 13.8 Å². The highest BCUT2D eigenvalue weighted by Gasteiger charge is 2.20. The summed E-state index contributed by atoms with van der Waals surface area (Å²) in [5.41, 5.74) is 6.47. The molecule has 80 valence electrons. The first-order valence-corrected chi connectivity index (χ1v) is 4.97. The monoisotopic (exact) mass is 197 g/mol. The number of rotatable bonds is 1. The highest BCUT2D eigenvalue weighted by Crippen LogP contribution is 2.29. The zero-order chi connectivity index (χ0) is 11.4. The van der Waals surface area contributed by atoms with Crippen LogP contribution in [0.15, 0.2) is 18.2 Å². The second kappa shape index (κ2) is 4.99. The van der Waals surface area contributed by atoms with Gasteiger partial charge in [0.1, 0.15) is 5.67 Å². The van der Waals surface area contributed by atoms with Crippen molar-refractivity contribution in [3.05, 3.63) is 29.3 Å². The lowest BCUT2D eigenvalue weighted by Gasteiger charge is -2.17. The molecule has 0 saturated heterocycles. The van der Waals surface area contributed by atoms with Crippen molar-refractivity contribution in [3.63, 3.8) is 0 Å². The molecule has 1 nitrogen and oxygen atoms in total. The number of benzene rings is 1. The zero-order valence-corrected chi connectivity index (χ0v) is 9.69. The van der Waals surface area contributed by atoms with E-state index in [1.807, 2.05) is 26.8 Å². The van der Waals surface area contributed by atoms with Crippen LogP contribution in [-0.4, -0.2) is 0 Å². The fourth-order valence-corrected chi connectivity index (χ4v) is 1.22. The quantitative estimate of drug-likeness (QED) is 0.681. The summed E-state index contributed by atoms with van der Waals surface area (Å²) < 4.78 is 13.4. The number of anilines is 1. The Hall–Kier alpha value is -1.05. The van der Waals surface area contributed by atoms with E-state index < -0.39 is 5.67 Å². The normalized spacial score (nSPS) is 10.4. The molecule has 0 bridgehead atoms. The van der Waals surface area contributed by atoms with Gasteiger partial charge in [0.25, 0.3) is 0 Å². The second-order valence-corrected chi connectivity index (χ2v) is 3.56. The molecule has 2 heteroatoms. The number of alkyl halides is 1. The van der Waals surface area contributed by atoms with Crippen LogP contribution < -0.4 is 5.73 Å². The summed E-state index contributed by atoms with van der Waals surface area (Å²) in [6.45, 7) is 8.95. The largest absolute Gasteiger partial charge is 0.398 e. The first kappa shape index (κ1) is 12.9. The Labute approximate surface area is 86.1 Å². The Bertz CT molecular complexity index is 287. The van der Waals surface area contributed by atoms with Gasteiger partial charge in [-0.15, -0.1) is 0 Å². The van der Waals surface area contributed by atoms with Crippen molar-refractivity contribution in [1.82, 2.24) is 0 Å². The van der Waals surface area contributed by atoms with Crippen molar-refractivity contribution >= 4 is 5.69 Å². The summed E-state index contributed by atoms with van der Waals surface area (Å²) in [5.74, 6) is 0. The number of hydrogen-bond acceptors (Lipinski definition) is 1. The molecule has 1 aromatic carbocycles. The molecule has 0 heterocycles. The van der Waals surface area contributed by atoms with E-state index in [-0.39, 0.29) is 0 Å². The van der Waals surface area contributed by atoms with Gasteiger partial charge in [0.05, 0.1) is 0 Å². The Morgan fingerprint density at radius 1 is 1.21 bits per heavy atom. The van der Waals surface area contributed by atoms with Crippen LogP contribution in [-0.2, 0) is 5.67 Å². The Morgan fingerprint density at radius 3 is 2.07 bits per heavy atom. The number of halogens is 1. The minimum absolute atomic E-state index is 0.530. The maximum absolute atomic E-state index is 13.4. The van der Waals surface area contributed by atoms with Crippen molar-refractivity contribution in [2.75, 3.05) is 5.73 Å². The third-order valence-corrected chi connectivity index (χ3v) is 1.85. The smallest absolute Gasteiger partial charge is 0.132 e. The molecule has 0 spiro atoms. The zero-order valence-electron chi connectivity index (χ0n) is 9.69. The molecule has 0 aliphatic rings. The van der Waals surface area contributed by atoms with Crippen LogP contribution >= 0.6 is 0 Å². The van der Waals surface area contributed by atoms with Gasteiger partial charge in [-0.25, -0.2) is 4.39 Å². The second-order valence-electron chi connectivity index (χ2n) is 3.56. The van der Waals surface area contributed by atoms with Gasteiger partial charge in [-0.2, -0.15) is 0 Å². The van der Waals surface area contributed by atoms with Gasteiger partial charge in [0.15, 0.2) is 0 Å². The van der Waals surface area contributed by atoms with Crippen LogP contribution in [0, 0.1) is 6.92 Å². The predicted octanol–water partition coefficient (Wildman–Crippen LogP) is 3.81. The molecule has 0 aliphatic heterocycles. The summed E-state index contributed by atoms with van der Waals surface area (Å²) in [7, 11) is 0. The maximum Gasteiger partial charge on any atom is 0.132 e. The first-order chi connectivity index (χ1) is 6.41. The number of hydrogen-bond donors (Lipinski definition) is 1. The van der Waals surface area contributed by atoms with Crippen LogP contribution in [0.25, 0.3) is 0 Å². The molecule has 0 amide bonds. The van der Waals surface area contributed by atoms with Crippen molar-refractivity contribution in [2.24, 2.45) is 0 Å². The van der Waals surface area contributed by atoms with Crippen LogP contribution in [0.4, 0.5) is 10.1 Å². The minimum atomic E-state index is -1.35. The topological polar surface area (TPSA) is 26.0 Å². The molecule has 0 aliphatic carbocycles. The lowest BCUT2D eigenvalue weighted by Crippen LogP contribution is -2.11. The van der Waals surface area contributed by atoms with Gasteiger partial charge in [-0.05, 0) is 32.4 Å². The van der Waals surface area contributed by atoms with Crippen molar-refractivity contribution in [1.29, 1.82) is 0 Å². The number of nitrogens with two attached hydrogens (primary N) is 1. The predicted molar refractivity (Wildman–Crippen MR) is 61.1 cm³/mol. The van der Waals surface area contributed by atoms with Crippen molar-refractivity contribution in [3.8, 4) is 0 Å². The summed E-state index contributed by atoms with van der Waals surface area (Å²) in [5, 5.41) is 0. The van der Waals surface area contributed by atoms with Gasteiger partial charge < -0.3 is 5.73 Å². The fraction of sp³-hybridized carbons (Fsp3) is 0.500. The lowest BCUT2D eigenvalue weighted by molar-refractivity contribution is 0.222. The molecule has 0 aromatic heterocycles. The molecule has 0 radical (unpaired) electrons. The van der Waals surface area contributed by atoms with E-state index in [4.69, 9.17) is 5.73 Å². The molecule has 0 fully saturated rings. The van der Waals surface area contributed by atoms with Crippen LogP contribution in [0.1, 0.15) is 38.8 Å². The van der Waals surface area contributed by atoms with Crippen molar-refractivity contribution in [2.45, 2.75) is 40.3 Å². The molecule has 14 heavy (non-hydrogen) atoms. The van der Waals surface area contributed by atoms with Gasteiger partial charge in [-0.1, -0.05) is 26.0 Å². The SMILES string of the molecule is CC.Cc1ccc(C(C)(C)F)c(N)c1. The van der Waals surface area contributed by atoms with E-state index >= 15 is 0 Å². The first-order valence-electron chi connectivity index (χ1n) is 4.97. The van der Waals surface area contributed by atoms with E-state index in [0.29, 0.717) is 11.3 Å². The molecule has 1 rings (SSSR count). The Morgan fingerprint density at radius 2 is 1.71 bits per heavy atom. The highest BCUT2D eigenvalue weighted by molar-refractivity contribution is 5.51. The van der Waals surface area contributed by atoms with Gasteiger partial charge >= 0.3 is 0 Å². The van der Waals surface area contributed by atoms with E-state index in [9.17, 15) is 4.39 Å². The van der Waals surface area contributed by atoms with Gasteiger partial charge in [0.2, 0.25) is 0 Å². The molecule has 0 atom stereocenters. The molecule has 0 unspecified atom stereocenters. The van der Waals surface area contributed by atoms with Crippen LogP contribution in [0.2, 0.25) is 0 Å². The summed E-state index contributed by atoms with van der Waals surface area (Å²) in [4.78, 5) is 0. The van der Waals surface area contributed by atoms with E-state index in [1.54, 1.807) is 12.1 Å². The van der Waals surface area contributed by atoms with Gasteiger partial charge in [-0.3, -0.25) is 0 Å². The minimum Gasteiger partial charge on any atom is -0.398 e. The average Bonchev–Trinajstić information content (AvgIpc) is 2.05. The number of aryl methyl sites for hydroxylation is 1. The highest BCUT2D eigenvalue weighted by atomic mass is 19.1. The summed E-state index contributed by atoms with van der Waals surface area (Å²) in [6.07, 6.45) is 0.